The van der Waals surface area contributed by atoms with Gasteiger partial charge in [0, 0.05) is 30.3 Å². The Bertz CT molecular complexity index is 1120. The zero-order valence-corrected chi connectivity index (χ0v) is 19.4. The summed E-state index contributed by atoms with van der Waals surface area (Å²) in [5.74, 6) is -0.115. The van der Waals surface area contributed by atoms with Crippen molar-refractivity contribution in [3.8, 4) is 11.5 Å². The first kappa shape index (κ1) is 22.7. The molecule has 2 saturated heterocycles. The third-order valence-corrected chi connectivity index (χ3v) is 7.34. The van der Waals surface area contributed by atoms with Crippen molar-refractivity contribution in [3.63, 3.8) is 0 Å². The largest absolute Gasteiger partial charge is 0.504 e. The predicted molar refractivity (Wildman–Crippen MR) is 125 cm³/mol. The second-order valence-corrected chi connectivity index (χ2v) is 10.1. The van der Waals surface area contributed by atoms with Crippen LogP contribution in [0.15, 0.2) is 42.5 Å². The number of para-hydroxylation sites is 1. The van der Waals surface area contributed by atoms with Gasteiger partial charge in [-0.05, 0) is 56.9 Å². The predicted octanol–water partition coefficient (Wildman–Crippen LogP) is 3.67. The van der Waals surface area contributed by atoms with Crippen LogP contribution in [-0.4, -0.2) is 58.3 Å². The number of benzene rings is 2. The Morgan fingerprint density at radius 3 is 2.79 bits per heavy atom. The molecule has 8 heteroatoms. The Morgan fingerprint density at radius 1 is 1.21 bits per heavy atom. The van der Waals surface area contributed by atoms with Crippen LogP contribution in [0.25, 0.3) is 0 Å². The number of ether oxygens (including phenoxy) is 2. The monoisotopic (exact) mass is 466 g/mol. The maximum atomic E-state index is 12.6. The Kier molecular flexibility index (Phi) is 5.73. The van der Waals surface area contributed by atoms with Crippen molar-refractivity contribution < 1.29 is 29.3 Å². The minimum Gasteiger partial charge on any atom is -0.504 e. The van der Waals surface area contributed by atoms with E-state index in [1.807, 2.05) is 26.0 Å². The van der Waals surface area contributed by atoms with Crippen LogP contribution in [0.1, 0.15) is 48.7 Å². The Labute approximate surface area is 198 Å². The summed E-state index contributed by atoms with van der Waals surface area (Å²) in [4.78, 5) is 26.0. The number of nitrogens with zero attached hydrogens (tertiary/aromatic N) is 1. The number of hydrogen-bond donors (Lipinski definition) is 3. The fraction of sp³-hybridized carbons (Fsp3) is 0.462. The first-order valence-corrected chi connectivity index (χ1v) is 11.7. The number of aromatic carboxylic acids is 1. The molecule has 5 rings (SSSR count). The fourth-order valence-electron chi connectivity index (χ4n) is 5.66. The molecular formula is C26H30N2O6. The van der Waals surface area contributed by atoms with E-state index in [-0.39, 0.29) is 47.8 Å². The van der Waals surface area contributed by atoms with E-state index in [1.165, 1.54) is 12.1 Å². The molecule has 2 aromatic rings. The molecule has 34 heavy (non-hydrogen) atoms. The standard InChI is InChI=1S/C26H30N2O6/c1-26(2)19-12-16-13-28(14-22(30)27-17-6-3-5-15(11-17)25(31)32)10-9-21(16)33-23(19)18-7-4-8-20(29)24(18)34-26/h3-8,11,16,19,21,23,29H,9-10,12-14H2,1-2H3,(H,27,30)(H,31,32)/t16-,19-,21-,23+/m1/s1. The van der Waals surface area contributed by atoms with Gasteiger partial charge in [-0.2, -0.15) is 0 Å². The number of rotatable bonds is 4. The van der Waals surface area contributed by atoms with E-state index in [0.29, 0.717) is 11.4 Å². The number of phenolic OH excluding ortho intramolecular Hbond substituents is 1. The third-order valence-electron chi connectivity index (χ3n) is 7.34. The number of anilines is 1. The van der Waals surface area contributed by atoms with Crippen LogP contribution < -0.4 is 10.1 Å². The zero-order chi connectivity index (χ0) is 24.0. The minimum absolute atomic E-state index is 0.0944. The molecule has 0 aliphatic carbocycles. The molecule has 8 nitrogen and oxygen atoms in total. The molecule has 180 valence electrons. The Balaban J connectivity index is 1.25. The second kappa shape index (κ2) is 8.60. The van der Waals surface area contributed by atoms with E-state index < -0.39 is 11.6 Å². The van der Waals surface area contributed by atoms with E-state index in [2.05, 4.69) is 10.2 Å². The van der Waals surface area contributed by atoms with Gasteiger partial charge in [-0.15, -0.1) is 0 Å². The lowest BCUT2D eigenvalue weighted by Crippen LogP contribution is -2.55. The molecule has 2 aromatic carbocycles. The molecule has 0 saturated carbocycles. The van der Waals surface area contributed by atoms with Crippen molar-refractivity contribution >= 4 is 17.6 Å². The van der Waals surface area contributed by atoms with E-state index in [1.54, 1.807) is 18.2 Å². The number of aromatic hydroxyl groups is 1. The number of likely N-dealkylation sites (tertiary alicyclic amines) is 1. The summed E-state index contributed by atoms with van der Waals surface area (Å²) in [7, 11) is 0. The van der Waals surface area contributed by atoms with E-state index in [9.17, 15) is 14.7 Å². The summed E-state index contributed by atoms with van der Waals surface area (Å²) in [6.07, 6.45) is 1.71. The number of phenols is 1. The van der Waals surface area contributed by atoms with E-state index in [4.69, 9.17) is 14.6 Å². The van der Waals surface area contributed by atoms with E-state index in [0.717, 1.165) is 31.5 Å². The summed E-state index contributed by atoms with van der Waals surface area (Å²) in [6, 6.07) is 11.7. The van der Waals surface area contributed by atoms with Gasteiger partial charge < -0.3 is 25.0 Å². The molecule has 0 radical (unpaired) electrons. The molecule has 3 aliphatic rings. The minimum atomic E-state index is -1.03. The first-order valence-electron chi connectivity index (χ1n) is 11.7. The Hall–Kier alpha value is -3.10. The lowest BCUT2D eigenvalue weighted by molar-refractivity contribution is -0.187. The molecule has 3 aliphatic heterocycles. The molecule has 3 N–H and O–H groups in total. The maximum Gasteiger partial charge on any atom is 0.335 e. The highest BCUT2D eigenvalue weighted by atomic mass is 16.5. The van der Waals surface area contributed by atoms with Crippen molar-refractivity contribution in [3.05, 3.63) is 53.6 Å². The lowest BCUT2D eigenvalue weighted by Gasteiger charge is -2.53. The molecule has 2 fully saturated rings. The average molecular weight is 467 g/mol. The van der Waals surface area contributed by atoms with Gasteiger partial charge in [0.2, 0.25) is 5.91 Å². The molecular weight excluding hydrogens is 436 g/mol. The van der Waals surface area contributed by atoms with Crippen LogP contribution in [0.5, 0.6) is 11.5 Å². The van der Waals surface area contributed by atoms with Crippen LogP contribution in [0.3, 0.4) is 0 Å². The normalized spacial score (nSPS) is 27.5. The molecule has 0 bridgehead atoms. The van der Waals surface area contributed by atoms with Crippen LogP contribution >= 0.6 is 0 Å². The highest BCUT2D eigenvalue weighted by molar-refractivity contribution is 5.94. The highest BCUT2D eigenvalue weighted by Gasteiger charge is 2.51. The number of piperidine rings is 1. The molecule has 0 unspecified atom stereocenters. The number of carboxylic acids is 1. The summed E-state index contributed by atoms with van der Waals surface area (Å²) >= 11 is 0. The lowest BCUT2D eigenvalue weighted by atomic mass is 9.70. The van der Waals surface area contributed by atoms with Crippen molar-refractivity contribution in [2.75, 3.05) is 25.0 Å². The fourth-order valence-corrected chi connectivity index (χ4v) is 5.66. The van der Waals surface area contributed by atoms with Gasteiger partial charge in [-0.3, -0.25) is 9.69 Å². The summed E-state index contributed by atoms with van der Waals surface area (Å²) < 4.78 is 12.9. The zero-order valence-electron chi connectivity index (χ0n) is 19.4. The maximum absolute atomic E-state index is 12.6. The van der Waals surface area contributed by atoms with Gasteiger partial charge in [0.25, 0.3) is 0 Å². The van der Waals surface area contributed by atoms with Gasteiger partial charge in [-0.1, -0.05) is 18.2 Å². The average Bonchev–Trinajstić information content (AvgIpc) is 2.79. The van der Waals surface area contributed by atoms with Crippen LogP contribution in [-0.2, 0) is 9.53 Å². The molecule has 0 spiro atoms. The number of carbonyl (C=O) groups excluding carboxylic acids is 1. The molecule has 1 amide bonds. The topological polar surface area (TPSA) is 108 Å². The van der Waals surface area contributed by atoms with Crippen LogP contribution in [0.2, 0.25) is 0 Å². The molecule has 4 atom stereocenters. The number of nitrogens with one attached hydrogen (secondary N) is 1. The summed E-state index contributed by atoms with van der Waals surface area (Å²) in [5.41, 5.74) is 1.04. The Morgan fingerprint density at radius 2 is 2.00 bits per heavy atom. The summed E-state index contributed by atoms with van der Waals surface area (Å²) in [5, 5.41) is 22.3. The van der Waals surface area contributed by atoms with Crippen LogP contribution in [0.4, 0.5) is 5.69 Å². The SMILES string of the molecule is CC1(C)Oc2c(O)cccc2[C@@H]2O[C@@H]3CCN(CC(=O)Nc4cccc(C(=O)O)c4)C[C@H]3C[C@H]21. The van der Waals surface area contributed by atoms with Gasteiger partial charge in [0.15, 0.2) is 11.5 Å². The van der Waals surface area contributed by atoms with Gasteiger partial charge in [-0.25, -0.2) is 4.79 Å². The second-order valence-electron chi connectivity index (χ2n) is 10.1. The smallest absolute Gasteiger partial charge is 0.335 e. The number of carbonyl (C=O) groups is 2. The van der Waals surface area contributed by atoms with Gasteiger partial charge in [0.05, 0.1) is 24.3 Å². The number of hydrogen-bond acceptors (Lipinski definition) is 6. The van der Waals surface area contributed by atoms with Crippen molar-refractivity contribution in [2.24, 2.45) is 11.8 Å². The third kappa shape index (κ3) is 4.23. The highest BCUT2D eigenvalue weighted by Crippen LogP contribution is 2.54. The number of carboxylic acid groups (broad SMARTS) is 1. The molecule has 3 heterocycles. The number of amides is 1. The van der Waals surface area contributed by atoms with Crippen molar-refractivity contribution in [1.82, 2.24) is 4.90 Å². The quantitative estimate of drug-likeness (QED) is 0.631. The van der Waals surface area contributed by atoms with Crippen LogP contribution in [0, 0.1) is 11.8 Å². The van der Waals surface area contributed by atoms with Crippen molar-refractivity contribution in [1.29, 1.82) is 0 Å². The number of fused-ring (bicyclic) bond motifs is 4. The first-order chi connectivity index (χ1) is 16.2. The van der Waals surface area contributed by atoms with Crippen molar-refractivity contribution in [2.45, 2.75) is 44.5 Å². The van der Waals surface area contributed by atoms with Gasteiger partial charge in [0.1, 0.15) is 5.60 Å². The molecule has 0 aromatic heterocycles. The van der Waals surface area contributed by atoms with Gasteiger partial charge >= 0.3 is 5.97 Å². The summed E-state index contributed by atoms with van der Waals surface area (Å²) in [6.45, 7) is 5.82. The van der Waals surface area contributed by atoms with E-state index >= 15 is 0 Å².